The fourth-order valence-electron chi connectivity index (χ4n) is 12.1. The number of fused-ring (bicyclic) bond motifs is 1. The summed E-state index contributed by atoms with van der Waals surface area (Å²) in [6.45, 7) is 0.173. The zero-order valence-electron chi connectivity index (χ0n) is 75.7. The summed E-state index contributed by atoms with van der Waals surface area (Å²) in [5.41, 5.74) is 9.43. The van der Waals surface area contributed by atoms with E-state index in [4.69, 9.17) is 18.6 Å². The van der Waals surface area contributed by atoms with E-state index in [0.29, 0.717) is 103 Å². The predicted molar refractivity (Wildman–Crippen MR) is 562 cm³/mol. The maximum atomic E-state index is 12.8. The molecule has 0 spiro atoms. The summed E-state index contributed by atoms with van der Waals surface area (Å²) >= 11 is 13.9. The highest BCUT2D eigenvalue weighted by molar-refractivity contribution is 9.10. The first-order valence-corrected chi connectivity index (χ1v) is 50.4. The molecule has 5 aromatic carbocycles. The van der Waals surface area contributed by atoms with E-state index >= 15 is 0 Å². The number of thiophene rings is 1. The number of hydrogen-bond acceptors (Lipinski definition) is 40. The van der Waals surface area contributed by atoms with Gasteiger partial charge in [-0.15, -0.1) is 82.7 Å². The Hall–Kier alpha value is -17.9. The molecule has 0 atom stereocenters. The molecule has 0 unspecified atom stereocenters. The van der Waals surface area contributed by atoms with Crippen LogP contribution in [-0.2, 0) is 11.2 Å². The third kappa shape index (κ3) is 30.1. The van der Waals surface area contributed by atoms with Gasteiger partial charge < -0.3 is 23.9 Å². The van der Waals surface area contributed by atoms with Gasteiger partial charge in [-0.05, 0) is 209 Å². The molecule has 0 saturated heterocycles. The van der Waals surface area contributed by atoms with Crippen molar-refractivity contribution in [2.45, 2.75) is 12.8 Å². The average Bonchev–Trinajstić information content (AvgIpc) is 1.69. The average molecular weight is 2170 g/mol. The number of amides is 7. The smallest absolute Gasteiger partial charge is 0.293 e. The van der Waals surface area contributed by atoms with E-state index in [1.165, 1.54) is 121 Å². The molecule has 1 aliphatic rings. The van der Waals surface area contributed by atoms with Crippen LogP contribution < -0.4 is 51.4 Å². The number of rotatable bonds is 24. The lowest BCUT2D eigenvalue weighted by Crippen LogP contribution is -2.12. The summed E-state index contributed by atoms with van der Waals surface area (Å²) in [5.74, 6) is 0.0100. The van der Waals surface area contributed by atoms with Crippen LogP contribution in [0.2, 0.25) is 0 Å². The number of methoxy groups -OCH3 is 1. The van der Waals surface area contributed by atoms with Crippen molar-refractivity contribution >= 4 is 184 Å². The van der Waals surface area contributed by atoms with E-state index in [0.717, 1.165) is 74.0 Å². The number of aryl methyl sites for hydroxylation is 1. The van der Waals surface area contributed by atoms with E-state index in [1.807, 2.05) is 145 Å². The number of pyridine rings is 7. The Labute approximate surface area is 872 Å². The van der Waals surface area contributed by atoms with Crippen LogP contribution in [-0.4, -0.2) is 162 Å². The predicted octanol–water partition coefficient (Wildman–Crippen LogP) is 20.6. The van der Waals surface area contributed by atoms with Gasteiger partial charge in [-0.1, -0.05) is 134 Å². The van der Waals surface area contributed by atoms with Crippen molar-refractivity contribution in [3.8, 4) is 91.2 Å². The number of nitrogens with zero attached hydrogens (tertiary/aromatic N) is 21. The molecule has 0 saturated carbocycles. The third-order valence-corrected chi connectivity index (χ3v) is 27.0. The van der Waals surface area contributed by atoms with Crippen molar-refractivity contribution in [2.24, 2.45) is 0 Å². The third-order valence-electron chi connectivity index (χ3n) is 19.2. The molecule has 16 aromatic heterocycles. The van der Waals surface area contributed by atoms with Gasteiger partial charge in [0, 0.05) is 153 Å². The van der Waals surface area contributed by atoms with Gasteiger partial charge in [-0.3, -0.25) is 100 Å². The standard InChI is InChI=1S/C16H14N4OS.C15H10N4O3S.C15H12N4O2S.C14H9BrN4OS.C14H9FN4OS.C12H8N4O2S.C12H8N4OS2/c21-14(7-6-12-4-2-1-3-5-12)18-16-20-19-15(22-16)13-8-10-17-11-9-13;20-13(10-1-2-11-12(7-10)22-8-21-11)17-15-19-18-14(23-15)9-3-5-16-6-4-9;1-21-12-4-2-3-11(9-12)13(20)17-15-19-18-14(22-15)10-5-7-16-8-6-10;15-11-4-2-1-3-10(11)12(20)17-14-19-18-13(21-14)9-5-7-16-8-6-9;15-11-3-1-9(2-4-11)12(20)17-14-19-18-13(21-14)10-5-7-16-8-6-10;2*17-10(9-2-1-7-18-9)14-12-16-15-11(19-12)8-3-5-13-6-4-8/h1-5,8-11H,6-7H2,(H,18,20,21);1-7H,8H2,(H,17,19,20);2-9H,1H3,(H,17,19,20);2*1-8H,(H,17,19,20);2*1-7H,(H,14,16,17). The number of carbonyl (C=O) groups is 7. The SMILES string of the molecule is COc1cccc(C(=O)Nc2nnc(-c3ccncc3)s2)c1.O=C(CCc1ccccc1)Nc1nnc(-c2ccncc2)s1.O=C(Nc1nnc(-c2ccncc2)s1)c1ccc(F)cc1.O=C(Nc1nnc(-c2ccncc2)s1)c1ccc2c(c1)OCO2.O=C(Nc1nnc(-c2ccncc2)s1)c1ccccc1Br.O=C(Nc1nnc(-c2ccncc2)s1)c1ccco1.O=C(Nc1nnc(-c2ccncc2)s1)c1cccs1. The van der Waals surface area contributed by atoms with Gasteiger partial charge >= 0.3 is 0 Å². The molecule has 0 radical (unpaired) electrons. The Morgan fingerprint density at radius 2 is 0.694 bits per heavy atom. The van der Waals surface area contributed by atoms with E-state index in [-0.39, 0.29) is 59.7 Å². The number of ether oxygens (including phenoxy) is 3. The molecule has 49 heteroatoms. The second-order valence-electron chi connectivity index (χ2n) is 29.0. The van der Waals surface area contributed by atoms with E-state index in [1.54, 1.807) is 161 Å². The summed E-state index contributed by atoms with van der Waals surface area (Å²) in [6, 6.07) is 67.0. The normalized spacial score (nSPS) is 10.6. The molecule has 22 rings (SSSR count). The van der Waals surface area contributed by atoms with Gasteiger partial charge in [-0.2, -0.15) is 0 Å². The second kappa shape index (κ2) is 52.2. The Bertz CT molecular complexity index is 7760. The molecule has 147 heavy (non-hydrogen) atoms. The number of benzene rings is 5. The number of aromatic nitrogens is 21. The fraction of sp³-hybridized carbons (Fsp3) is 0.0408. The molecule has 0 fully saturated rings. The minimum Gasteiger partial charge on any atom is -0.497 e. The number of hydrogen-bond donors (Lipinski definition) is 7. The Morgan fingerprint density at radius 1 is 0.333 bits per heavy atom. The van der Waals surface area contributed by atoms with Crippen molar-refractivity contribution in [1.29, 1.82) is 0 Å². The molecule has 7 amide bonds. The Balaban J connectivity index is 0.000000123. The zero-order chi connectivity index (χ0) is 102. The van der Waals surface area contributed by atoms with Crippen LogP contribution in [0.3, 0.4) is 0 Å². The van der Waals surface area contributed by atoms with Gasteiger partial charge in [0.2, 0.25) is 48.6 Å². The highest BCUT2D eigenvalue weighted by Gasteiger charge is 2.23. The Morgan fingerprint density at radius 3 is 1.08 bits per heavy atom. The fourth-order valence-corrected chi connectivity index (χ4v) is 18.4. The van der Waals surface area contributed by atoms with Crippen molar-refractivity contribution in [2.75, 3.05) is 51.1 Å². The quantitative estimate of drug-likeness (QED) is 0.0295. The van der Waals surface area contributed by atoms with Gasteiger partial charge in [0.15, 0.2) is 17.3 Å². The van der Waals surface area contributed by atoms with E-state index < -0.39 is 0 Å². The van der Waals surface area contributed by atoms with E-state index in [2.05, 4.69) is 159 Å². The number of carbonyl (C=O) groups excluding carboxylic acids is 7. The molecular formula is C98H70BrFN28O11S8. The number of halogens is 2. The lowest BCUT2D eigenvalue weighted by molar-refractivity contribution is -0.116. The highest BCUT2D eigenvalue weighted by atomic mass is 79.9. The molecule has 39 nitrogen and oxygen atoms in total. The minimum absolute atomic E-state index is 0.0544. The molecule has 1 aliphatic heterocycles. The lowest BCUT2D eigenvalue weighted by Gasteiger charge is -2.03. The molecule has 21 aromatic rings. The summed E-state index contributed by atoms with van der Waals surface area (Å²) in [4.78, 5) is 112. The number of nitrogens with one attached hydrogen (secondary N) is 7. The van der Waals surface area contributed by atoms with Crippen molar-refractivity contribution in [3.63, 3.8) is 0 Å². The largest absolute Gasteiger partial charge is 0.497 e. The van der Waals surface area contributed by atoms with Gasteiger partial charge in [-0.25, -0.2) is 4.39 Å². The maximum Gasteiger partial charge on any atom is 0.293 e. The summed E-state index contributed by atoms with van der Waals surface area (Å²) in [7, 11) is 1.56. The van der Waals surface area contributed by atoms with Gasteiger partial charge in [0.1, 0.15) is 46.6 Å². The molecule has 730 valence electrons. The summed E-state index contributed by atoms with van der Waals surface area (Å²) in [5, 5.41) is 85.3. The molecule has 7 N–H and O–H groups in total. The van der Waals surface area contributed by atoms with Crippen LogP contribution in [0.15, 0.2) is 338 Å². The summed E-state index contributed by atoms with van der Waals surface area (Å²) in [6.07, 6.45) is 26.2. The molecular weight excluding hydrogens is 2100 g/mol. The second-order valence-corrected chi connectivity index (χ2v) is 37.7. The van der Waals surface area contributed by atoms with Crippen LogP contribution in [0.25, 0.3) is 74.0 Å². The minimum atomic E-state index is -0.387. The van der Waals surface area contributed by atoms with Crippen LogP contribution in [0.1, 0.15) is 73.6 Å². The number of anilines is 7. The van der Waals surface area contributed by atoms with Crippen molar-refractivity contribution in [3.05, 3.63) is 378 Å². The van der Waals surface area contributed by atoms with E-state index in [9.17, 15) is 38.0 Å². The zero-order valence-corrected chi connectivity index (χ0v) is 83.8. The van der Waals surface area contributed by atoms with Gasteiger partial charge in [0.05, 0.1) is 23.8 Å². The maximum absolute atomic E-state index is 12.8. The molecule has 17 heterocycles. The summed E-state index contributed by atoms with van der Waals surface area (Å²) < 4.78 is 34.1. The van der Waals surface area contributed by atoms with Crippen LogP contribution in [0.4, 0.5) is 40.3 Å². The van der Waals surface area contributed by atoms with Crippen LogP contribution >= 0.6 is 107 Å². The first-order chi connectivity index (χ1) is 72.0. The Kier molecular flexibility index (Phi) is 36.3. The molecule has 0 bridgehead atoms. The highest BCUT2D eigenvalue weighted by Crippen LogP contribution is 2.37. The van der Waals surface area contributed by atoms with Crippen LogP contribution in [0.5, 0.6) is 17.2 Å². The first kappa shape index (κ1) is 102. The number of furan rings is 1. The van der Waals surface area contributed by atoms with Crippen molar-refractivity contribution in [1.82, 2.24) is 106 Å². The van der Waals surface area contributed by atoms with Gasteiger partial charge in [0.25, 0.3) is 35.4 Å². The monoisotopic (exact) mass is 2170 g/mol. The lowest BCUT2D eigenvalue weighted by atomic mass is 10.1. The first-order valence-electron chi connectivity index (χ1n) is 43.0. The molecule has 0 aliphatic carbocycles. The topological polar surface area (TPSA) is 515 Å². The van der Waals surface area contributed by atoms with Crippen LogP contribution in [0, 0.1) is 5.82 Å². The van der Waals surface area contributed by atoms with Crippen molar-refractivity contribution < 1.29 is 56.6 Å².